The Balaban J connectivity index is 1.30. The quantitative estimate of drug-likeness (QED) is 0.132. The fourth-order valence-electron chi connectivity index (χ4n) is 4.36. The molecule has 13 heteroatoms. The minimum atomic E-state index is -0.591. The molecule has 5 rings (SSSR count). The number of ether oxygens (including phenoxy) is 3. The van der Waals surface area contributed by atoms with Gasteiger partial charge < -0.3 is 19.5 Å². The van der Waals surface area contributed by atoms with Crippen molar-refractivity contribution in [1.82, 2.24) is 9.55 Å². The van der Waals surface area contributed by atoms with E-state index in [9.17, 15) is 19.2 Å². The van der Waals surface area contributed by atoms with Crippen LogP contribution in [0.3, 0.4) is 0 Å². The van der Waals surface area contributed by atoms with Gasteiger partial charge in [0, 0.05) is 16.0 Å². The van der Waals surface area contributed by atoms with Gasteiger partial charge in [-0.1, -0.05) is 41.9 Å². The van der Waals surface area contributed by atoms with E-state index in [0.29, 0.717) is 26.7 Å². The number of amides is 1. The van der Waals surface area contributed by atoms with E-state index >= 15 is 0 Å². The molecule has 1 N–H and O–H groups in total. The maximum Gasteiger partial charge on any atom is 0.348 e. The number of nitrogens with one attached hydrogen (secondary N) is 1. The zero-order valence-corrected chi connectivity index (χ0v) is 26.0. The summed E-state index contributed by atoms with van der Waals surface area (Å²) in [6.45, 7) is 3.31. The van der Waals surface area contributed by atoms with Gasteiger partial charge in [-0.25, -0.2) is 14.6 Å². The van der Waals surface area contributed by atoms with Crippen molar-refractivity contribution in [2.75, 3.05) is 25.1 Å². The van der Waals surface area contributed by atoms with E-state index < -0.39 is 23.4 Å². The third-order valence-electron chi connectivity index (χ3n) is 6.42. The lowest BCUT2D eigenvalue weighted by atomic mass is 10.0. The van der Waals surface area contributed by atoms with E-state index in [-0.39, 0.29) is 47.2 Å². The van der Waals surface area contributed by atoms with Gasteiger partial charge in [-0.2, -0.15) is 0 Å². The number of fused-ring (bicyclic) bond motifs is 1. The molecule has 0 aliphatic carbocycles. The molecule has 2 aromatic carbocycles. The van der Waals surface area contributed by atoms with Gasteiger partial charge in [0.15, 0.2) is 0 Å². The summed E-state index contributed by atoms with van der Waals surface area (Å²) >= 11 is 8.22. The second-order valence-electron chi connectivity index (χ2n) is 9.34. The Labute approximate surface area is 264 Å². The Bertz CT molecular complexity index is 1880. The van der Waals surface area contributed by atoms with Gasteiger partial charge in [0.1, 0.15) is 45.8 Å². The third-order valence-corrected chi connectivity index (χ3v) is 8.75. The van der Waals surface area contributed by atoms with Crippen molar-refractivity contribution in [2.24, 2.45) is 0 Å². The molecule has 1 amide bonds. The van der Waals surface area contributed by atoms with Gasteiger partial charge in [0.05, 0.1) is 18.3 Å². The lowest BCUT2D eigenvalue weighted by Crippen LogP contribution is -2.28. The molecule has 0 saturated heterocycles. The molecule has 3 heterocycles. The van der Waals surface area contributed by atoms with E-state index in [1.54, 1.807) is 55.6 Å². The molecule has 0 aliphatic heterocycles. The van der Waals surface area contributed by atoms with Crippen molar-refractivity contribution < 1.29 is 28.6 Å². The second kappa shape index (κ2) is 13.8. The fraction of sp³-hybridized carbons (Fsp3) is 0.194. The van der Waals surface area contributed by atoms with E-state index in [1.165, 1.54) is 6.33 Å². The highest BCUT2D eigenvalue weighted by atomic mass is 35.5. The topological polar surface area (TPSA) is 126 Å². The largest absolute Gasteiger partial charge is 0.490 e. The monoisotopic (exact) mass is 651 g/mol. The summed E-state index contributed by atoms with van der Waals surface area (Å²) in [7, 11) is 0. The van der Waals surface area contributed by atoms with E-state index in [0.717, 1.165) is 32.8 Å². The normalized spacial score (nSPS) is 10.9. The summed E-state index contributed by atoms with van der Waals surface area (Å²) in [4.78, 5) is 57.0. The number of benzene rings is 2. The molecule has 0 unspecified atom stereocenters. The van der Waals surface area contributed by atoms with Crippen molar-refractivity contribution in [3.8, 4) is 16.9 Å². The number of carbonyl (C=O) groups is 3. The van der Waals surface area contributed by atoms with Crippen molar-refractivity contribution in [2.45, 2.75) is 20.4 Å². The number of anilines is 1. The number of aryl methyl sites for hydroxylation is 1. The molecule has 0 aliphatic rings. The summed E-state index contributed by atoms with van der Waals surface area (Å²) in [5.41, 5.74) is 1.46. The highest BCUT2D eigenvalue weighted by Crippen LogP contribution is 2.37. The molecule has 0 fully saturated rings. The van der Waals surface area contributed by atoms with Gasteiger partial charge >= 0.3 is 11.9 Å². The van der Waals surface area contributed by atoms with Gasteiger partial charge in [-0.3, -0.25) is 14.2 Å². The first kappa shape index (κ1) is 30.9. The van der Waals surface area contributed by atoms with Crippen LogP contribution in [0.5, 0.6) is 5.75 Å². The third kappa shape index (κ3) is 6.83. The van der Waals surface area contributed by atoms with Crippen LogP contribution in [0.1, 0.15) is 32.5 Å². The molecule has 10 nitrogen and oxygen atoms in total. The highest BCUT2D eigenvalue weighted by molar-refractivity contribution is 7.20. The average molecular weight is 652 g/mol. The van der Waals surface area contributed by atoms with Gasteiger partial charge in [-0.05, 0) is 49.2 Å². The summed E-state index contributed by atoms with van der Waals surface area (Å²) in [5, 5.41) is 5.54. The van der Waals surface area contributed by atoms with Gasteiger partial charge in [0.2, 0.25) is 5.91 Å². The Kier molecular flexibility index (Phi) is 9.73. The van der Waals surface area contributed by atoms with Crippen molar-refractivity contribution in [3.63, 3.8) is 0 Å². The number of carbonyl (C=O) groups excluding carboxylic acids is 3. The number of hydrogen-bond donors (Lipinski definition) is 1. The zero-order chi connectivity index (χ0) is 31.2. The number of hydrogen-bond acceptors (Lipinski definition) is 10. The minimum absolute atomic E-state index is 0.0233. The van der Waals surface area contributed by atoms with Crippen molar-refractivity contribution >= 4 is 67.3 Å². The maximum atomic E-state index is 13.4. The SMILES string of the molecule is CCOC(=O)c1c(-c2ccc(Cl)cc2)csc1NC(=O)Cn1cnc2sc(C(=O)OCCOc3ccccc3)c(C)c2c1=O. The van der Waals surface area contributed by atoms with Crippen molar-refractivity contribution in [3.05, 3.63) is 97.7 Å². The van der Waals surface area contributed by atoms with E-state index in [4.69, 9.17) is 25.8 Å². The Morgan fingerprint density at radius 1 is 1.00 bits per heavy atom. The molecule has 0 radical (unpaired) electrons. The molecule has 0 saturated carbocycles. The molecule has 0 atom stereocenters. The lowest BCUT2D eigenvalue weighted by molar-refractivity contribution is -0.116. The summed E-state index contributed by atoms with van der Waals surface area (Å²) in [6, 6.07) is 16.1. The smallest absolute Gasteiger partial charge is 0.348 e. The van der Waals surface area contributed by atoms with Crippen LogP contribution >= 0.6 is 34.3 Å². The Hall–Kier alpha value is -4.52. The van der Waals surface area contributed by atoms with Crippen LogP contribution < -0.4 is 15.6 Å². The highest BCUT2D eigenvalue weighted by Gasteiger charge is 2.24. The number of para-hydroxylation sites is 1. The van der Waals surface area contributed by atoms with Crippen LogP contribution in [0.4, 0.5) is 5.00 Å². The predicted molar refractivity (Wildman–Crippen MR) is 170 cm³/mol. The maximum absolute atomic E-state index is 13.4. The number of rotatable bonds is 11. The molecule has 5 aromatic rings. The standard InChI is InChI=1S/C31H26ClN3O7S2/c1-3-40-30(38)25-22(19-9-11-20(32)12-10-19)16-43-28(25)34-23(36)15-35-17-33-27-24(29(35)37)18(2)26(44-27)31(39)42-14-13-41-21-7-5-4-6-8-21/h4-12,16-17H,3,13-15H2,1-2H3,(H,34,36). The number of esters is 2. The number of halogens is 1. The first-order valence-electron chi connectivity index (χ1n) is 13.4. The van der Waals surface area contributed by atoms with Gasteiger partial charge in [-0.15, -0.1) is 22.7 Å². The molecule has 44 heavy (non-hydrogen) atoms. The van der Waals surface area contributed by atoms with Crippen LogP contribution in [0.25, 0.3) is 21.3 Å². The van der Waals surface area contributed by atoms with Crippen LogP contribution in [-0.4, -0.2) is 47.2 Å². The number of thiophene rings is 2. The summed E-state index contributed by atoms with van der Waals surface area (Å²) in [6.07, 6.45) is 1.25. The molecule has 0 bridgehead atoms. The van der Waals surface area contributed by atoms with E-state index in [1.807, 2.05) is 18.2 Å². The Morgan fingerprint density at radius 3 is 2.48 bits per heavy atom. The molecule has 226 valence electrons. The second-order valence-corrected chi connectivity index (χ2v) is 11.7. The zero-order valence-electron chi connectivity index (χ0n) is 23.6. The average Bonchev–Trinajstić information content (AvgIpc) is 3.59. The van der Waals surface area contributed by atoms with Crippen LogP contribution in [0.2, 0.25) is 5.02 Å². The van der Waals surface area contributed by atoms with Crippen LogP contribution in [0, 0.1) is 6.92 Å². The van der Waals surface area contributed by atoms with Crippen molar-refractivity contribution in [1.29, 1.82) is 0 Å². The number of nitrogens with zero attached hydrogens (tertiary/aromatic N) is 2. The number of aromatic nitrogens is 2. The minimum Gasteiger partial charge on any atom is -0.490 e. The molecular formula is C31H26ClN3O7S2. The molecule has 0 spiro atoms. The first-order valence-corrected chi connectivity index (χ1v) is 15.5. The first-order chi connectivity index (χ1) is 21.3. The van der Waals surface area contributed by atoms with Crippen LogP contribution in [0.15, 0.2) is 71.1 Å². The molecule has 3 aromatic heterocycles. The molecular weight excluding hydrogens is 626 g/mol. The van der Waals surface area contributed by atoms with E-state index in [2.05, 4.69) is 10.3 Å². The summed E-state index contributed by atoms with van der Waals surface area (Å²) < 4.78 is 17.3. The summed E-state index contributed by atoms with van der Waals surface area (Å²) in [5.74, 6) is -1.07. The van der Waals surface area contributed by atoms with Gasteiger partial charge in [0.25, 0.3) is 5.56 Å². The fourth-order valence-corrected chi connectivity index (χ4v) is 6.49. The Morgan fingerprint density at radius 2 is 1.75 bits per heavy atom. The van der Waals surface area contributed by atoms with Crippen LogP contribution in [-0.2, 0) is 20.8 Å². The lowest BCUT2D eigenvalue weighted by Gasteiger charge is -2.10. The predicted octanol–water partition coefficient (Wildman–Crippen LogP) is 6.20.